The van der Waals surface area contributed by atoms with Gasteiger partial charge in [0.15, 0.2) is 0 Å². The Morgan fingerprint density at radius 3 is 1.55 bits per heavy atom. The van der Waals surface area contributed by atoms with Crippen LogP contribution in [-0.4, -0.2) is 38.1 Å². The van der Waals surface area contributed by atoms with E-state index in [2.05, 4.69) is 66.5 Å². The summed E-state index contributed by atoms with van der Waals surface area (Å²) in [5.74, 6) is 1.07. The van der Waals surface area contributed by atoms with Crippen molar-refractivity contribution < 1.29 is 14.4 Å². The second kappa shape index (κ2) is 15.7. The third-order valence-corrected chi connectivity index (χ3v) is 12.5. The molecule has 0 spiro atoms. The lowest BCUT2D eigenvalue weighted by atomic mass is 9.69. The van der Waals surface area contributed by atoms with E-state index >= 15 is 0 Å². The number of benzene rings is 2. The van der Waals surface area contributed by atoms with Crippen LogP contribution in [0.15, 0.2) is 45.3 Å². The van der Waals surface area contributed by atoms with Crippen molar-refractivity contribution in [3.05, 3.63) is 66.5 Å². The van der Waals surface area contributed by atoms with Crippen LogP contribution in [0.2, 0.25) is 10.0 Å². The Morgan fingerprint density at radius 2 is 1.20 bits per heavy atom. The summed E-state index contributed by atoms with van der Waals surface area (Å²) in [6.07, 6.45) is 0. The minimum Gasteiger partial charge on any atom is -0.396 e. The van der Waals surface area contributed by atoms with Gasteiger partial charge in [-0.25, -0.2) is 0 Å². The highest BCUT2D eigenvalue weighted by molar-refractivity contribution is 9.10. The van der Waals surface area contributed by atoms with E-state index in [1.165, 1.54) is 0 Å². The van der Waals surface area contributed by atoms with Crippen LogP contribution < -0.4 is 5.73 Å². The fraction of sp³-hybridized carbons (Fsp3) is 0.613. The largest absolute Gasteiger partial charge is 0.396 e. The molecule has 0 amide bonds. The van der Waals surface area contributed by atoms with Crippen LogP contribution in [0.4, 0.5) is 0 Å². The Hall–Kier alpha value is 0.01000. The molecule has 0 fully saturated rings. The molecular formula is C31H47Br2Cl2NO3S. The first-order valence-electron chi connectivity index (χ1n) is 13.5. The summed E-state index contributed by atoms with van der Waals surface area (Å²) in [7, 11) is -1.02. The van der Waals surface area contributed by atoms with Gasteiger partial charge in [-0.15, -0.1) is 0 Å². The molecule has 9 heteroatoms. The van der Waals surface area contributed by atoms with E-state index in [1.807, 2.05) is 64.1 Å². The zero-order valence-corrected chi connectivity index (χ0v) is 30.7. The van der Waals surface area contributed by atoms with Gasteiger partial charge in [-0.1, -0.05) is 70.0 Å². The average molecular weight is 745 g/mol. The lowest BCUT2D eigenvalue weighted by Gasteiger charge is -2.41. The summed E-state index contributed by atoms with van der Waals surface area (Å²) in [6, 6.07) is 11.6. The third kappa shape index (κ3) is 9.77. The van der Waals surface area contributed by atoms with Crippen LogP contribution in [-0.2, 0) is 21.8 Å². The average Bonchev–Trinajstić information content (AvgIpc) is 2.82. The monoisotopic (exact) mass is 741 g/mol. The smallest absolute Gasteiger partial charge is 0.0551 e. The molecule has 5 atom stereocenters. The van der Waals surface area contributed by atoms with Crippen molar-refractivity contribution in [2.24, 2.45) is 29.4 Å². The maximum Gasteiger partial charge on any atom is 0.0551 e. The molecule has 0 heterocycles. The molecule has 0 aromatic heterocycles. The summed E-state index contributed by atoms with van der Waals surface area (Å²) in [5, 5.41) is 20.8. The first-order chi connectivity index (χ1) is 18.2. The molecule has 40 heavy (non-hydrogen) atoms. The molecule has 2 aromatic carbocycles. The number of nitrogens with two attached hydrogens (primary N) is 1. The molecule has 2 aromatic rings. The fourth-order valence-electron chi connectivity index (χ4n) is 5.03. The zero-order chi connectivity index (χ0) is 31.2. The fourth-order valence-corrected chi connectivity index (χ4v) is 7.24. The van der Waals surface area contributed by atoms with Gasteiger partial charge in [0.05, 0.1) is 10.0 Å². The standard InChI is InChI=1S/C18H28BrClO2S.C13H19BrClNO/c1-12(2)14(10-21)18(6,11-23(22)17(3,4)5)13-7-8-15(19)16(20)9-13;1-8(2)10(7-17)13(3,16)9-4-5-11(14)12(15)6-9/h7-9,12,14,21H,10-11H2,1-6H3;4-6,8,10,17H,7,16H2,1-3H3/t14?,18-,23+;10?,13-/m00/s1. The lowest BCUT2D eigenvalue weighted by Crippen LogP contribution is -2.45. The number of hydrogen-bond acceptors (Lipinski definition) is 4. The van der Waals surface area contributed by atoms with Gasteiger partial charge in [-0.2, -0.15) is 0 Å². The molecule has 0 radical (unpaired) electrons. The Balaban J connectivity index is 0.000000418. The molecule has 0 aliphatic carbocycles. The Labute approximate surface area is 271 Å². The Kier molecular flexibility index (Phi) is 14.9. The predicted molar refractivity (Wildman–Crippen MR) is 181 cm³/mol. The predicted octanol–water partition coefficient (Wildman–Crippen LogP) is 8.71. The first-order valence-corrected chi connectivity index (χ1v) is 17.2. The summed E-state index contributed by atoms with van der Waals surface area (Å²) >= 11 is 19.1. The van der Waals surface area contributed by atoms with Crippen LogP contribution in [0, 0.1) is 23.7 Å². The molecular weight excluding hydrogens is 697 g/mol. The van der Waals surface area contributed by atoms with Crippen LogP contribution in [0.25, 0.3) is 0 Å². The molecule has 2 rings (SSSR count). The number of halogens is 4. The van der Waals surface area contributed by atoms with Crippen LogP contribution >= 0.6 is 55.1 Å². The van der Waals surface area contributed by atoms with Crippen LogP contribution in [0.3, 0.4) is 0 Å². The topological polar surface area (TPSA) is 83.5 Å². The van der Waals surface area contributed by atoms with Gasteiger partial charge >= 0.3 is 0 Å². The first kappa shape index (κ1) is 38.0. The second-order valence-electron chi connectivity index (χ2n) is 12.6. The maximum absolute atomic E-state index is 12.8. The number of rotatable bonds is 10. The third-order valence-electron chi connectivity index (χ3n) is 7.83. The summed E-state index contributed by atoms with van der Waals surface area (Å²) in [4.78, 5) is 0. The SMILES string of the molecule is CC(C)C(CO)[C@@](C)(C[S@@](=O)C(C)(C)C)c1ccc(Br)c(Cl)c1.CC(C)C(CO)[C@@](C)(N)c1ccc(Br)c(Cl)c1. The Bertz CT molecular complexity index is 1140. The van der Waals surface area contributed by atoms with E-state index in [1.54, 1.807) is 0 Å². The highest BCUT2D eigenvalue weighted by atomic mass is 79.9. The molecule has 4 nitrogen and oxygen atoms in total. The maximum atomic E-state index is 12.8. The van der Waals surface area contributed by atoms with Crippen LogP contribution in [0.5, 0.6) is 0 Å². The highest BCUT2D eigenvalue weighted by Crippen LogP contribution is 2.41. The molecule has 2 unspecified atom stereocenters. The molecule has 0 aliphatic rings. The molecule has 0 saturated heterocycles. The quantitative estimate of drug-likeness (QED) is 0.228. The van der Waals surface area contributed by atoms with Gasteiger partial charge in [0.1, 0.15) is 0 Å². The van der Waals surface area contributed by atoms with E-state index in [0.717, 1.165) is 20.1 Å². The number of aliphatic hydroxyl groups is 2. The van der Waals surface area contributed by atoms with E-state index in [-0.39, 0.29) is 35.7 Å². The number of aliphatic hydroxyl groups excluding tert-OH is 2. The molecule has 228 valence electrons. The number of hydrogen-bond donors (Lipinski definition) is 3. The zero-order valence-electron chi connectivity index (χ0n) is 25.2. The highest BCUT2D eigenvalue weighted by Gasteiger charge is 2.41. The van der Waals surface area contributed by atoms with Crippen LogP contribution in [0.1, 0.15) is 73.4 Å². The van der Waals surface area contributed by atoms with Gasteiger partial charge in [0.25, 0.3) is 0 Å². The molecule has 0 aliphatic heterocycles. The normalized spacial score (nSPS) is 17.4. The van der Waals surface area contributed by atoms with Gasteiger partial charge in [-0.3, -0.25) is 4.21 Å². The van der Waals surface area contributed by atoms with E-state index in [9.17, 15) is 14.4 Å². The minimum atomic E-state index is -1.02. The van der Waals surface area contributed by atoms with E-state index < -0.39 is 21.8 Å². The van der Waals surface area contributed by atoms with Crippen molar-refractivity contribution in [3.8, 4) is 0 Å². The minimum absolute atomic E-state index is 0.000239. The second-order valence-corrected chi connectivity index (χ2v) is 17.4. The van der Waals surface area contributed by atoms with Gasteiger partial charge in [0.2, 0.25) is 0 Å². The summed E-state index contributed by atoms with van der Waals surface area (Å²) in [6.45, 7) is 18.4. The molecule has 4 N–H and O–H groups in total. The Morgan fingerprint density at radius 1 is 0.800 bits per heavy atom. The van der Waals surface area contributed by atoms with Gasteiger partial charge < -0.3 is 15.9 Å². The van der Waals surface area contributed by atoms with Crippen molar-refractivity contribution in [1.29, 1.82) is 0 Å². The van der Waals surface area contributed by atoms with Gasteiger partial charge in [-0.05, 0) is 113 Å². The summed E-state index contributed by atoms with van der Waals surface area (Å²) in [5.41, 5.74) is 7.34. The van der Waals surface area contributed by atoms with Crippen molar-refractivity contribution in [1.82, 2.24) is 0 Å². The molecule has 0 bridgehead atoms. The van der Waals surface area contributed by atoms with Crippen molar-refractivity contribution in [2.45, 2.75) is 78.0 Å². The van der Waals surface area contributed by atoms with Crippen molar-refractivity contribution in [3.63, 3.8) is 0 Å². The van der Waals surface area contributed by atoms with Crippen molar-refractivity contribution >= 4 is 65.9 Å². The summed E-state index contributed by atoms with van der Waals surface area (Å²) < 4.78 is 14.2. The lowest BCUT2D eigenvalue weighted by molar-refractivity contribution is 0.120. The van der Waals surface area contributed by atoms with E-state index in [4.69, 9.17) is 28.9 Å². The van der Waals surface area contributed by atoms with Gasteiger partial charge in [0, 0.05) is 60.3 Å². The molecule has 0 saturated carbocycles. The van der Waals surface area contributed by atoms with Crippen molar-refractivity contribution in [2.75, 3.05) is 19.0 Å². The van der Waals surface area contributed by atoms with E-state index in [0.29, 0.717) is 21.7 Å².